The van der Waals surface area contributed by atoms with Gasteiger partial charge in [0.05, 0.1) is 5.56 Å². The maximum Gasteiger partial charge on any atom is 0.172 e. The smallest absolute Gasteiger partial charge is 0.172 e. The quantitative estimate of drug-likeness (QED) is 0.849. The molecule has 1 fully saturated rings. The van der Waals surface area contributed by atoms with Gasteiger partial charge < -0.3 is 14.8 Å². The average molecular weight is 326 g/mol. The third-order valence-corrected chi connectivity index (χ3v) is 4.47. The fraction of sp³-hybridized carbons (Fsp3) is 0.500. The fourth-order valence-electron chi connectivity index (χ4n) is 2.91. The molecular weight excluding hydrogens is 310 g/mol. The lowest BCUT2D eigenvalue weighted by atomic mass is 9.88. The van der Waals surface area contributed by atoms with E-state index in [0.29, 0.717) is 30.3 Å². The molecule has 4 nitrogen and oxygen atoms in total. The van der Waals surface area contributed by atoms with Crippen LogP contribution in [0.5, 0.6) is 11.5 Å². The van der Waals surface area contributed by atoms with Crippen LogP contribution in [0.3, 0.4) is 0 Å². The van der Waals surface area contributed by atoms with Crippen LogP contribution in [0.15, 0.2) is 10.5 Å². The lowest BCUT2D eigenvalue weighted by Gasteiger charge is -2.32. The third-order valence-electron chi connectivity index (χ3n) is 3.84. The molecule has 1 unspecified atom stereocenters. The summed E-state index contributed by atoms with van der Waals surface area (Å²) in [6.07, 6.45) is 2.99. The number of aldehydes is 1. The van der Waals surface area contributed by atoms with Crippen LogP contribution in [-0.2, 0) is 5.54 Å². The highest BCUT2D eigenvalue weighted by molar-refractivity contribution is 9.10. The molecule has 0 bridgehead atoms. The summed E-state index contributed by atoms with van der Waals surface area (Å²) in [6.45, 7) is 4.16. The maximum atomic E-state index is 11.2. The van der Waals surface area contributed by atoms with Crippen LogP contribution in [0.2, 0.25) is 0 Å². The SMILES string of the molecule is CC1(c2c(Br)cc(C=O)c3c2OCCO3)CCCN1. The molecule has 3 rings (SSSR count). The van der Waals surface area contributed by atoms with Crippen molar-refractivity contribution in [2.24, 2.45) is 0 Å². The van der Waals surface area contributed by atoms with E-state index in [0.717, 1.165) is 35.7 Å². The molecule has 5 heteroatoms. The molecule has 0 aromatic heterocycles. The Labute approximate surface area is 120 Å². The zero-order chi connectivity index (χ0) is 13.5. The summed E-state index contributed by atoms with van der Waals surface area (Å²) in [5.74, 6) is 1.29. The van der Waals surface area contributed by atoms with Crippen molar-refractivity contribution in [3.05, 3.63) is 21.7 Å². The van der Waals surface area contributed by atoms with Gasteiger partial charge in [-0.3, -0.25) is 4.79 Å². The molecule has 1 aromatic carbocycles. The van der Waals surface area contributed by atoms with Gasteiger partial charge in [0.2, 0.25) is 0 Å². The molecule has 19 heavy (non-hydrogen) atoms. The minimum Gasteiger partial charge on any atom is -0.486 e. The van der Waals surface area contributed by atoms with Crippen molar-refractivity contribution < 1.29 is 14.3 Å². The van der Waals surface area contributed by atoms with Gasteiger partial charge in [-0.15, -0.1) is 0 Å². The number of ether oxygens (including phenoxy) is 2. The molecule has 0 spiro atoms. The number of rotatable bonds is 2. The van der Waals surface area contributed by atoms with Crippen LogP contribution in [0.4, 0.5) is 0 Å². The van der Waals surface area contributed by atoms with E-state index in [1.165, 1.54) is 0 Å². The first-order valence-corrected chi connectivity index (χ1v) is 7.28. The standard InChI is InChI=1S/C14H16BrNO3/c1-14(3-2-4-16-14)11-10(15)7-9(8-17)12-13(11)19-6-5-18-12/h7-8,16H,2-6H2,1H3. The van der Waals surface area contributed by atoms with Crippen LogP contribution in [0.1, 0.15) is 35.7 Å². The molecule has 1 saturated heterocycles. The zero-order valence-corrected chi connectivity index (χ0v) is 12.4. The molecular formula is C14H16BrNO3. The fourth-order valence-corrected chi connectivity index (χ4v) is 3.78. The number of hydrogen-bond donors (Lipinski definition) is 1. The van der Waals surface area contributed by atoms with E-state index >= 15 is 0 Å². The van der Waals surface area contributed by atoms with Crippen molar-refractivity contribution in [3.63, 3.8) is 0 Å². The number of halogens is 1. The van der Waals surface area contributed by atoms with Crippen molar-refractivity contribution in [2.45, 2.75) is 25.3 Å². The average Bonchev–Trinajstić information content (AvgIpc) is 2.85. The van der Waals surface area contributed by atoms with E-state index in [9.17, 15) is 4.79 Å². The molecule has 0 amide bonds. The van der Waals surface area contributed by atoms with E-state index in [2.05, 4.69) is 28.2 Å². The lowest BCUT2D eigenvalue weighted by Crippen LogP contribution is -2.35. The van der Waals surface area contributed by atoms with Gasteiger partial charge in [-0.25, -0.2) is 0 Å². The first-order valence-electron chi connectivity index (χ1n) is 6.48. The van der Waals surface area contributed by atoms with Gasteiger partial charge >= 0.3 is 0 Å². The number of benzene rings is 1. The zero-order valence-electron chi connectivity index (χ0n) is 10.8. The van der Waals surface area contributed by atoms with E-state index in [4.69, 9.17) is 9.47 Å². The number of hydrogen-bond acceptors (Lipinski definition) is 4. The molecule has 1 aromatic rings. The lowest BCUT2D eigenvalue weighted by molar-refractivity contribution is 0.111. The second-order valence-electron chi connectivity index (χ2n) is 5.16. The predicted octanol–water partition coefficient (Wildman–Crippen LogP) is 2.63. The number of carbonyl (C=O) groups excluding carboxylic acids is 1. The van der Waals surface area contributed by atoms with Crippen molar-refractivity contribution in [1.82, 2.24) is 5.32 Å². The predicted molar refractivity (Wildman–Crippen MR) is 75.1 cm³/mol. The van der Waals surface area contributed by atoms with Crippen LogP contribution < -0.4 is 14.8 Å². The van der Waals surface area contributed by atoms with Gasteiger partial charge in [0.1, 0.15) is 13.2 Å². The summed E-state index contributed by atoms with van der Waals surface area (Å²) in [5.41, 5.74) is 1.46. The van der Waals surface area contributed by atoms with Crippen molar-refractivity contribution in [3.8, 4) is 11.5 Å². The van der Waals surface area contributed by atoms with E-state index in [-0.39, 0.29) is 5.54 Å². The summed E-state index contributed by atoms with van der Waals surface area (Å²) >= 11 is 3.58. The Hall–Kier alpha value is -1.07. The van der Waals surface area contributed by atoms with Crippen LogP contribution in [-0.4, -0.2) is 26.0 Å². The largest absolute Gasteiger partial charge is 0.486 e. The maximum absolute atomic E-state index is 11.2. The first-order chi connectivity index (χ1) is 9.15. The Morgan fingerprint density at radius 1 is 1.37 bits per heavy atom. The summed E-state index contributed by atoms with van der Waals surface area (Å²) in [4.78, 5) is 11.2. The Bertz CT molecular complexity index is 524. The van der Waals surface area contributed by atoms with Gasteiger partial charge in [0.15, 0.2) is 17.8 Å². The molecule has 2 aliphatic heterocycles. The normalized spacial score (nSPS) is 25.4. The second-order valence-corrected chi connectivity index (χ2v) is 6.01. The van der Waals surface area contributed by atoms with Gasteiger partial charge in [0.25, 0.3) is 0 Å². The van der Waals surface area contributed by atoms with Crippen molar-refractivity contribution in [1.29, 1.82) is 0 Å². The van der Waals surface area contributed by atoms with Crippen molar-refractivity contribution >= 4 is 22.2 Å². The molecule has 0 saturated carbocycles. The topological polar surface area (TPSA) is 47.6 Å². The van der Waals surface area contributed by atoms with Gasteiger partial charge in [-0.1, -0.05) is 15.9 Å². The Balaban J connectivity index is 2.21. The number of carbonyl (C=O) groups is 1. The summed E-state index contributed by atoms with van der Waals surface area (Å²) in [5, 5.41) is 3.52. The minimum atomic E-state index is -0.134. The molecule has 0 aliphatic carbocycles. The highest BCUT2D eigenvalue weighted by Gasteiger charge is 2.37. The second kappa shape index (κ2) is 4.80. The highest BCUT2D eigenvalue weighted by Crippen LogP contribution is 2.47. The van der Waals surface area contributed by atoms with Gasteiger partial charge in [-0.2, -0.15) is 0 Å². The third kappa shape index (κ3) is 2.05. The highest BCUT2D eigenvalue weighted by atomic mass is 79.9. The van der Waals surface area contributed by atoms with Crippen molar-refractivity contribution in [2.75, 3.05) is 19.8 Å². The summed E-state index contributed by atoms with van der Waals surface area (Å²) in [7, 11) is 0. The molecule has 1 N–H and O–H groups in total. The minimum absolute atomic E-state index is 0.134. The van der Waals surface area contributed by atoms with Crippen LogP contribution in [0, 0.1) is 0 Å². The molecule has 1 atom stereocenters. The molecule has 102 valence electrons. The van der Waals surface area contributed by atoms with Crippen LogP contribution in [0.25, 0.3) is 0 Å². The number of nitrogens with one attached hydrogen (secondary N) is 1. The van der Waals surface area contributed by atoms with E-state index in [1.807, 2.05) is 6.07 Å². The number of fused-ring (bicyclic) bond motifs is 1. The van der Waals surface area contributed by atoms with E-state index in [1.54, 1.807) is 0 Å². The molecule has 2 heterocycles. The summed E-state index contributed by atoms with van der Waals surface area (Å²) in [6, 6.07) is 1.82. The summed E-state index contributed by atoms with van der Waals surface area (Å²) < 4.78 is 12.3. The first kappa shape index (κ1) is 12.9. The molecule has 0 radical (unpaired) electrons. The van der Waals surface area contributed by atoms with Gasteiger partial charge in [-0.05, 0) is 32.4 Å². The van der Waals surface area contributed by atoms with Gasteiger partial charge in [0, 0.05) is 15.6 Å². The molecule has 2 aliphatic rings. The Kier molecular flexibility index (Phi) is 3.27. The van der Waals surface area contributed by atoms with Crippen LogP contribution >= 0.6 is 15.9 Å². The Morgan fingerprint density at radius 3 is 2.74 bits per heavy atom. The Morgan fingerprint density at radius 2 is 2.11 bits per heavy atom. The monoisotopic (exact) mass is 325 g/mol. The van der Waals surface area contributed by atoms with E-state index < -0.39 is 0 Å².